The van der Waals surface area contributed by atoms with Crippen LogP contribution < -0.4 is 0 Å². The van der Waals surface area contributed by atoms with Crippen molar-refractivity contribution in [3.05, 3.63) is 0 Å². The maximum absolute atomic E-state index is 13.7. The largest absolute Gasteiger partial charge is 0.457 e. The molecule has 66 valence electrons. The summed E-state index contributed by atoms with van der Waals surface area (Å²) in [5, 5.41) is 0. The summed E-state index contributed by atoms with van der Waals surface area (Å²) in [4.78, 5) is 11.1. The first-order valence-electron chi connectivity index (χ1n) is 4.18. The average molecular weight is 172 g/mol. The van der Waals surface area contributed by atoms with Crippen molar-refractivity contribution in [2.24, 2.45) is 5.92 Å². The summed E-state index contributed by atoms with van der Waals surface area (Å²) >= 11 is 0. The van der Waals surface area contributed by atoms with Crippen molar-refractivity contribution in [2.45, 2.75) is 37.3 Å². The molecule has 0 amide bonds. The summed E-state index contributed by atoms with van der Waals surface area (Å²) in [5.41, 5.74) is -1.82. The van der Waals surface area contributed by atoms with Crippen LogP contribution in [0.5, 0.6) is 0 Å². The van der Waals surface area contributed by atoms with E-state index in [1.807, 2.05) is 6.92 Å². The minimum Gasteiger partial charge on any atom is -0.457 e. The Hall–Kier alpha value is -0.640. The Morgan fingerprint density at radius 1 is 1.67 bits per heavy atom. The summed E-state index contributed by atoms with van der Waals surface area (Å²) in [6.45, 7) is 1.94. The van der Waals surface area contributed by atoms with Crippen molar-refractivity contribution in [2.75, 3.05) is 0 Å². The fourth-order valence-corrected chi connectivity index (χ4v) is 2.48. The Labute approximate surface area is 68.8 Å². The van der Waals surface area contributed by atoms with Gasteiger partial charge in [-0.3, -0.25) is 0 Å². The first kappa shape index (κ1) is 6.83. The van der Waals surface area contributed by atoms with Crippen LogP contribution in [-0.4, -0.2) is 29.9 Å². The molecule has 0 spiro atoms. The van der Waals surface area contributed by atoms with E-state index in [4.69, 9.17) is 9.47 Å². The molecule has 3 saturated heterocycles. The van der Waals surface area contributed by atoms with Crippen LogP contribution in [0.15, 0.2) is 0 Å². The summed E-state index contributed by atoms with van der Waals surface area (Å²) in [6.07, 6.45) is -0.878. The molecular formula is C8H9FO3. The number of fused-ring (bicyclic) bond motifs is 1. The van der Waals surface area contributed by atoms with Crippen molar-refractivity contribution in [3.8, 4) is 0 Å². The molecule has 0 aromatic carbocycles. The maximum atomic E-state index is 13.7. The van der Waals surface area contributed by atoms with E-state index in [2.05, 4.69) is 0 Å². The van der Waals surface area contributed by atoms with Gasteiger partial charge in [-0.25, -0.2) is 9.18 Å². The molecular weight excluding hydrogens is 163 g/mol. The van der Waals surface area contributed by atoms with E-state index in [0.717, 1.165) is 0 Å². The van der Waals surface area contributed by atoms with E-state index in [0.29, 0.717) is 0 Å². The van der Waals surface area contributed by atoms with E-state index < -0.39 is 17.7 Å². The third-order valence-electron chi connectivity index (χ3n) is 3.26. The Kier molecular flexibility index (Phi) is 0.947. The van der Waals surface area contributed by atoms with Gasteiger partial charge >= 0.3 is 5.97 Å². The standard InChI is InChI=1S/C8H9FO3/c1-3-4-2-8(9)6(11-4)5(3)12-7(8)10/h3-6H,2H2,1H3. The predicted molar refractivity (Wildman–Crippen MR) is 36.2 cm³/mol. The number of carbonyl (C=O) groups excluding carboxylic acids is 1. The Balaban J connectivity index is 2.09. The van der Waals surface area contributed by atoms with Gasteiger partial charge in [0.2, 0.25) is 5.67 Å². The van der Waals surface area contributed by atoms with Crippen LogP contribution >= 0.6 is 0 Å². The molecule has 3 aliphatic rings. The molecule has 0 aromatic heterocycles. The molecule has 0 aliphatic carbocycles. The Morgan fingerprint density at radius 3 is 3.00 bits per heavy atom. The topological polar surface area (TPSA) is 35.5 Å². The lowest BCUT2D eigenvalue weighted by molar-refractivity contribution is -0.149. The van der Waals surface area contributed by atoms with Crippen LogP contribution in [0.3, 0.4) is 0 Å². The normalized spacial score (nSPS) is 61.0. The molecule has 0 radical (unpaired) electrons. The molecule has 0 aromatic rings. The highest BCUT2D eigenvalue weighted by molar-refractivity contribution is 5.84. The Bertz CT molecular complexity index is 267. The van der Waals surface area contributed by atoms with E-state index in [1.165, 1.54) is 0 Å². The molecule has 3 rings (SSSR count). The summed E-state index contributed by atoms with van der Waals surface area (Å²) in [7, 11) is 0. The molecule has 0 saturated carbocycles. The second-order valence-corrected chi connectivity index (χ2v) is 3.89. The van der Waals surface area contributed by atoms with Gasteiger partial charge in [-0.15, -0.1) is 0 Å². The van der Waals surface area contributed by atoms with Crippen molar-refractivity contribution < 1.29 is 18.7 Å². The zero-order valence-electron chi connectivity index (χ0n) is 6.62. The summed E-state index contributed by atoms with van der Waals surface area (Å²) < 4.78 is 24.0. The molecule has 3 fully saturated rings. The van der Waals surface area contributed by atoms with Crippen molar-refractivity contribution >= 4 is 5.97 Å². The number of alkyl halides is 1. The minimum atomic E-state index is -1.82. The van der Waals surface area contributed by atoms with Crippen LogP contribution in [0, 0.1) is 5.92 Å². The van der Waals surface area contributed by atoms with Crippen LogP contribution in [0.4, 0.5) is 4.39 Å². The zero-order valence-corrected chi connectivity index (χ0v) is 6.62. The van der Waals surface area contributed by atoms with Crippen LogP contribution in [0.1, 0.15) is 13.3 Å². The van der Waals surface area contributed by atoms with Crippen molar-refractivity contribution in [1.82, 2.24) is 0 Å². The SMILES string of the molecule is CC1C2CC3(F)C(=O)OC1C3O2. The molecule has 3 heterocycles. The predicted octanol–water partition coefficient (Wildman–Crippen LogP) is 0.427. The highest BCUT2D eigenvalue weighted by Crippen LogP contribution is 2.53. The van der Waals surface area contributed by atoms with Crippen LogP contribution in [0.2, 0.25) is 0 Å². The number of hydrogen-bond donors (Lipinski definition) is 0. The molecule has 3 aliphatic heterocycles. The van der Waals surface area contributed by atoms with Gasteiger partial charge in [0.1, 0.15) is 12.2 Å². The van der Waals surface area contributed by atoms with Gasteiger partial charge in [0, 0.05) is 12.3 Å². The molecule has 5 atom stereocenters. The van der Waals surface area contributed by atoms with E-state index in [9.17, 15) is 9.18 Å². The summed E-state index contributed by atoms with van der Waals surface area (Å²) in [5.74, 6) is -0.560. The lowest BCUT2D eigenvalue weighted by Gasteiger charge is -2.19. The van der Waals surface area contributed by atoms with Gasteiger partial charge in [0.25, 0.3) is 0 Å². The lowest BCUT2D eigenvalue weighted by Crippen LogP contribution is -2.41. The highest BCUT2D eigenvalue weighted by Gasteiger charge is 2.72. The Morgan fingerprint density at radius 2 is 2.42 bits per heavy atom. The molecule has 2 bridgehead atoms. The second kappa shape index (κ2) is 1.66. The van der Waals surface area contributed by atoms with Gasteiger partial charge in [-0.2, -0.15) is 0 Å². The number of ether oxygens (including phenoxy) is 2. The first-order chi connectivity index (χ1) is 5.63. The van der Waals surface area contributed by atoms with E-state index >= 15 is 0 Å². The van der Waals surface area contributed by atoms with Gasteiger partial charge in [0.05, 0.1) is 6.10 Å². The second-order valence-electron chi connectivity index (χ2n) is 3.89. The van der Waals surface area contributed by atoms with Gasteiger partial charge in [-0.1, -0.05) is 6.92 Å². The minimum absolute atomic E-state index is 0.114. The average Bonchev–Trinajstić information content (AvgIpc) is 2.53. The maximum Gasteiger partial charge on any atom is 0.347 e. The lowest BCUT2D eigenvalue weighted by atomic mass is 9.81. The van der Waals surface area contributed by atoms with Crippen molar-refractivity contribution in [1.29, 1.82) is 0 Å². The van der Waals surface area contributed by atoms with Gasteiger partial charge in [0.15, 0.2) is 0 Å². The first-order valence-corrected chi connectivity index (χ1v) is 4.18. The zero-order chi connectivity index (χ0) is 8.51. The van der Waals surface area contributed by atoms with E-state index in [-0.39, 0.29) is 24.5 Å². The molecule has 0 N–H and O–H groups in total. The number of esters is 1. The fraction of sp³-hybridized carbons (Fsp3) is 0.875. The monoisotopic (exact) mass is 172 g/mol. The number of halogens is 1. The van der Waals surface area contributed by atoms with Gasteiger partial charge < -0.3 is 9.47 Å². The molecule has 12 heavy (non-hydrogen) atoms. The molecule has 3 nitrogen and oxygen atoms in total. The van der Waals surface area contributed by atoms with Crippen molar-refractivity contribution in [3.63, 3.8) is 0 Å². The third kappa shape index (κ3) is 0.495. The fourth-order valence-electron chi connectivity index (χ4n) is 2.48. The third-order valence-corrected chi connectivity index (χ3v) is 3.26. The number of hydrogen-bond acceptors (Lipinski definition) is 3. The van der Waals surface area contributed by atoms with Crippen LogP contribution in [-0.2, 0) is 14.3 Å². The quantitative estimate of drug-likeness (QED) is 0.497. The molecule has 4 heteroatoms. The number of carbonyl (C=O) groups is 1. The van der Waals surface area contributed by atoms with E-state index in [1.54, 1.807) is 0 Å². The van der Waals surface area contributed by atoms with Gasteiger partial charge in [-0.05, 0) is 0 Å². The number of rotatable bonds is 0. The molecule has 5 unspecified atom stereocenters. The van der Waals surface area contributed by atoms with Crippen LogP contribution in [0.25, 0.3) is 0 Å². The highest BCUT2D eigenvalue weighted by atomic mass is 19.1. The summed E-state index contributed by atoms with van der Waals surface area (Å²) in [6, 6.07) is 0. The smallest absolute Gasteiger partial charge is 0.347 e.